The van der Waals surface area contributed by atoms with Crippen molar-refractivity contribution >= 4 is 45.3 Å². The molecule has 1 aromatic carbocycles. The molecule has 0 aliphatic heterocycles. The Morgan fingerprint density at radius 3 is 2.19 bits per heavy atom. The van der Waals surface area contributed by atoms with E-state index in [-0.39, 0.29) is 5.97 Å². The lowest BCUT2D eigenvalue weighted by molar-refractivity contribution is 0.0601. The predicted octanol–water partition coefficient (Wildman–Crippen LogP) is 7.25. The van der Waals surface area contributed by atoms with Gasteiger partial charge in [-0.2, -0.15) is 0 Å². The number of nitrogens with one attached hydrogen (secondary N) is 2. The molecule has 0 radical (unpaired) electrons. The van der Waals surface area contributed by atoms with Crippen LogP contribution in [-0.2, 0) is 17.6 Å². The molecular formula is C25H34N2O2S2. The summed E-state index contributed by atoms with van der Waals surface area (Å²) < 4.78 is 5.14. The summed E-state index contributed by atoms with van der Waals surface area (Å²) in [5.41, 5.74) is 5.35. The Morgan fingerprint density at radius 1 is 1.00 bits per heavy atom. The third kappa shape index (κ3) is 5.47. The number of fused-ring (bicyclic) bond motifs is 1. The number of anilines is 2. The number of carbonyl (C=O) groups excluding carboxylic acids is 1. The first-order chi connectivity index (χ1) is 14.8. The van der Waals surface area contributed by atoms with Crippen LogP contribution in [0.4, 0.5) is 10.7 Å². The zero-order valence-corrected chi connectivity index (χ0v) is 20.9. The second-order valence-electron chi connectivity index (χ2n) is 8.81. The molecule has 0 bridgehead atoms. The molecule has 1 aliphatic carbocycles. The van der Waals surface area contributed by atoms with E-state index in [9.17, 15) is 4.79 Å². The van der Waals surface area contributed by atoms with Gasteiger partial charge in [0.05, 0.1) is 12.7 Å². The Morgan fingerprint density at radius 2 is 1.61 bits per heavy atom. The maximum Gasteiger partial charge on any atom is 0.341 e. The lowest BCUT2D eigenvalue weighted by Gasteiger charge is -2.21. The molecule has 1 heterocycles. The van der Waals surface area contributed by atoms with Crippen molar-refractivity contribution in [2.45, 2.75) is 78.1 Å². The van der Waals surface area contributed by atoms with Crippen LogP contribution < -0.4 is 10.6 Å². The van der Waals surface area contributed by atoms with Crippen LogP contribution in [0.2, 0.25) is 0 Å². The Kier molecular flexibility index (Phi) is 8.11. The summed E-state index contributed by atoms with van der Waals surface area (Å²) in [5.74, 6) is 0.459. The quantitative estimate of drug-likeness (QED) is 0.365. The second kappa shape index (κ2) is 10.6. The number of methoxy groups -OCH3 is 1. The van der Waals surface area contributed by atoms with Crippen LogP contribution in [0.1, 0.15) is 97.1 Å². The number of rotatable bonds is 5. The summed E-state index contributed by atoms with van der Waals surface area (Å²) >= 11 is 7.37. The van der Waals surface area contributed by atoms with Gasteiger partial charge in [-0.1, -0.05) is 58.7 Å². The van der Waals surface area contributed by atoms with Crippen LogP contribution in [-0.4, -0.2) is 18.2 Å². The van der Waals surface area contributed by atoms with E-state index in [2.05, 4.69) is 56.5 Å². The molecule has 0 saturated carbocycles. The van der Waals surface area contributed by atoms with Crippen molar-refractivity contribution in [1.82, 2.24) is 0 Å². The Balaban J connectivity index is 1.93. The Labute approximate surface area is 195 Å². The first kappa shape index (κ1) is 23.7. The fourth-order valence-corrected chi connectivity index (χ4v) is 5.82. The van der Waals surface area contributed by atoms with Crippen molar-refractivity contribution < 1.29 is 9.53 Å². The van der Waals surface area contributed by atoms with E-state index >= 15 is 0 Å². The number of ether oxygens (including phenoxy) is 1. The van der Waals surface area contributed by atoms with E-state index in [1.165, 1.54) is 36.0 Å². The molecule has 168 valence electrons. The molecule has 31 heavy (non-hydrogen) atoms. The monoisotopic (exact) mass is 458 g/mol. The third-order valence-corrected chi connectivity index (χ3v) is 7.31. The normalized spacial score (nSPS) is 14.0. The maximum absolute atomic E-state index is 12.7. The molecule has 1 aromatic heterocycles. The van der Waals surface area contributed by atoms with Crippen molar-refractivity contribution in [2.75, 3.05) is 17.7 Å². The van der Waals surface area contributed by atoms with Crippen molar-refractivity contribution in [3.8, 4) is 0 Å². The molecule has 3 rings (SSSR count). The van der Waals surface area contributed by atoms with Crippen molar-refractivity contribution in [3.63, 3.8) is 0 Å². The molecule has 2 aromatic rings. The van der Waals surface area contributed by atoms with E-state index in [0.717, 1.165) is 41.9 Å². The molecule has 0 spiro atoms. The van der Waals surface area contributed by atoms with E-state index < -0.39 is 0 Å². The van der Waals surface area contributed by atoms with Crippen molar-refractivity contribution in [1.29, 1.82) is 0 Å². The highest BCUT2D eigenvalue weighted by molar-refractivity contribution is 7.80. The summed E-state index contributed by atoms with van der Waals surface area (Å²) in [5, 5.41) is 8.10. The number of thiophene rings is 1. The highest BCUT2D eigenvalue weighted by Crippen LogP contribution is 2.38. The molecule has 0 fully saturated rings. The van der Waals surface area contributed by atoms with Crippen LogP contribution in [0.25, 0.3) is 0 Å². The standard InChI is InChI=1S/C25H34N2O2S2/c1-15(2)17-12-10-13-18(16(3)4)22(17)26-25(30)27-23-21(24(28)29-5)19-11-8-6-7-9-14-20(19)31-23/h10,12-13,15-16H,6-9,11,14H2,1-5H3,(H2,26,27,30). The number of para-hydroxylation sites is 1. The van der Waals surface area contributed by atoms with E-state index in [1.54, 1.807) is 11.3 Å². The van der Waals surface area contributed by atoms with E-state index in [0.29, 0.717) is 22.5 Å². The summed E-state index contributed by atoms with van der Waals surface area (Å²) in [6.07, 6.45) is 6.66. The van der Waals surface area contributed by atoms with Crippen LogP contribution >= 0.6 is 23.6 Å². The van der Waals surface area contributed by atoms with E-state index in [1.807, 2.05) is 0 Å². The number of benzene rings is 1. The number of esters is 1. The summed E-state index contributed by atoms with van der Waals surface area (Å²) in [6.45, 7) is 8.76. The van der Waals surface area contributed by atoms with Crippen LogP contribution in [0.15, 0.2) is 18.2 Å². The van der Waals surface area contributed by atoms with Gasteiger partial charge in [0.1, 0.15) is 5.00 Å². The molecular weight excluding hydrogens is 424 g/mol. The molecule has 2 N–H and O–H groups in total. The molecule has 0 unspecified atom stereocenters. The zero-order chi connectivity index (χ0) is 22.5. The average Bonchev–Trinajstić information content (AvgIpc) is 3.02. The van der Waals surface area contributed by atoms with Gasteiger partial charge in [-0.3, -0.25) is 0 Å². The number of hydrogen-bond acceptors (Lipinski definition) is 4. The fraction of sp³-hybridized carbons (Fsp3) is 0.520. The fourth-order valence-electron chi connectivity index (χ4n) is 4.27. The zero-order valence-electron chi connectivity index (χ0n) is 19.3. The second-order valence-corrected chi connectivity index (χ2v) is 10.3. The number of hydrogen-bond donors (Lipinski definition) is 2. The smallest absolute Gasteiger partial charge is 0.341 e. The molecule has 1 aliphatic rings. The minimum Gasteiger partial charge on any atom is -0.465 e. The van der Waals surface area contributed by atoms with Gasteiger partial charge in [0, 0.05) is 10.6 Å². The molecule has 0 amide bonds. The van der Waals surface area contributed by atoms with Gasteiger partial charge in [-0.25, -0.2) is 4.79 Å². The predicted molar refractivity (Wildman–Crippen MR) is 136 cm³/mol. The highest BCUT2D eigenvalue weighted by Gasteiger charge is 2.25. The SMILES string of the molecule is COC(=O)c1c(NC(=S)Nc2c(C(C)C)cccc2C(C)C)sc2c1CCCCCC2. The van der Waals surface area contributed by atoms with Crippen LogP contribution in [0.3, 0.4) is 0 Å². The lowest BCUT2D eigenvalue weighted by atomic mass is 9.93. The van der Waals surface area contributed by atoms with Crippen molar-refractivity contribution in [2.24, 2.45) is 0 Å². The lowest BCUT2D eigenvalue weighted by Crippen LogP contribution is -2.22. The number of aryl methyl sites for hydroxylation is 1. The average molecular weight is 459 g/mol. The van der Waals surface area contributed by atoms with Gasteiger partial charge >= 0.3 is 5.97 Å². The molecule has 6 heteroatoms. The van der Waals surface area contributed by atoms with Gasteiger partial charge in [0.15, 0.2) is 5.11 Å². The number of thiocarbonyl (C=S) groups is 1. The van der Waals surface area contributed by atoms with Gasteiger partial charge in [0.25, 0.3) is 0 Å². The third-order valence-electron chi connectivity index (χ3n) is 5.90. The van der Waals surface area contributed by atoms with Crippen molar-refractivity contribution in [3.05, 3.63) is 45.3 Å². The minimum atomic E-state index is -0.283. The Hall–Kier alpha value is -1.92. The van der Waals surface area contributed by atoms with Gasteiger partial charge in [-0.05, 0) is 66.4 Å². The number of carbonyl (C=O) groups is 1. The summed E-state index contributed by atoms with van der Waals surface area (Å²) in [4.78, 5) is 14.0. The Bertz CT molecular complexity index is 921. The first-order valence-electron chi connectivity index (χ1n) is 11.3. The summed E-state index contributed by atoms with van der Waals surface area (Å²) in [7, 11) is 1.45. The highest BCUT2D eigenvalue weighted by atomic mass is 32.1. The van der Waals surface area contributed by atoms with Gasteiger partial charge in [0.2, 0.25) is 0 Å². The summed E-state index contributed by atoms with van der Waals surface area (Å²) in [6, 6.07) is 6.41. The van der Waals surface area contributed by atoms with Crippen LogP contribution in [0, 0.1) is 0 Å². The first-order valence-corrected chi connectivity index (χ1v) is 12.5. The van der Waals surface area contributed by atoms with Gasteiger partial charge in [-0.15, -0.1) is 11.3 Å². The molecule has 4 nitrogen and oxygen atoms in total. The van der Waals surface area contributed by atoms with Crippen LogP contribution in [0.5, 0.6) is 0 Å². The minimum absolute atomic E-state index is 0.283. The van der Waals surface area contributed by atoms with Gasteiger partial charge < -0.3 is 15.4 Å². The molecule has 0 saturated heterocycles. The topological polar surface area (TPSA) is 50.4 Å². The van der Waals surface area contributed by atoms with E-state index in [4.69, 9.17) is 17.0 Å². The molecule has 0 atom stereocenters. The maximum atomic E-state index is 12.7. The largest absolute Gasteiger partial charge is 0.465 e.